The molecule has 0 fully saturated rings. The van der Waals surface area contributed by atoms with E-state index in [-0.39, 0.29) is 5.69 Å². The van der Waals surface area contributed by atoms with Gasteiger partial charge in [0.25, 0.3) is 0 Å². The Bertz CT molecular complexity index is 705. The van der Waals surface area contributed by atoms with E-state index in [0.29, 0.717) is 5.89 Å². The molecule has 5 heteroatoms. The van der Waals surface area contributed by atoms with Gasteiger partial charge in [0, 0.05) is 18.7 Å². The van der Waals surface area contributed by atoms with Gasteiger partial charge in [-0.05, 0) is 18.2 Å². The van der Waals surface area contributed by atoms with Crippen molar-refractivity contribution in [1.82, 2.24) is 15.0 Å². The summed E-state index contributed by atoms with van der Waals surface area (Å²) in [5, 5.41) is 0. The molecule has 2 heterocycles. The number of H-pyrrole nitrogens is 2. The highest BCUT2D eigenvalue weighted by molar-refractivity contribution is 5.79. The Morgan fingerprint density at radius 1 is 1.38 bits per heavy atom. The Labute approximate surface area is 90.1 Å². The summed E-state index contributed by atoms with van der Waals surface area (Å²) in [5.74, 6) is 0.634. The Balaban J connectivity index is 2.21. The topological polar surface area (TPSA) is 74.7 Å². The molecule has 0 radical (unpaired) electrons. The van der Waals surface area contributed by atoms with Crippen LogP contribution in [0.1, 0.15) is 5.89 Å². The van der Waals surface area contributed by atoms with Gasteiger partial charge >= 0.3 is 5.69 Å². The van der Waals surface area contributed by atoms with Crippen LogP contribution in [0.15, 0.2) is 33.6 Å². The predicted octanol–water partition coefficient (Wildman–Crippen LogP) is 1.82. The molecule has 2 N–H and O–H groups in total. The number of aromatic amines is 2. The van der Waals surface area contributed by atoms with Crippen molar-refractivity contribution in [2.45, 2.75) is 6.92 Å². The highest BCUT2D eigenvalue weighted by Crippen LogP contribution is 2.22. The lowest BCUT2D eigenvalue weighted by Gasteiger charge is -1.95. The number of fused-ring (bicyclic) bond motifs is 1. The molecule has 80 valence electrons. The Kier molecular flexibility index (Phi) is 1.73. The second-order valence-electron chi connectivity index (χ2n) is 3.57. The first-order valence-electron chi connectivity index (χ1n) is 4.87. The normalized spacial score (nSPS) is 11.1. The van der Waals surface area contributed by atoms with Gasteiger partial charge in [-0.2, -0.15) is 0 Å². The molecule has 1 aromatic carbocycles. The van der Waals surface area contributed by atoms with Crippen LogP contribution in [0.25, 0.3) is 22.4 Å². The van der Waals surface area contributed by atoms with Crippen molar-refractivity contribution >= 4 is 11.1 Å². The summed E-state index contributed by atoms with van der Waals surface area (Å²) >= 11 is 0. The Morgan fingerprint density at radius 3 is 3.00 bits per heavy atom. The van der Waals surface area contributed by atoms with Crippen LogP contribution >= 0.6 is 0 Å². The molecule has 3 aromatic rings. The third-order valence-corrected chi connectivity index (χ3v) is 2.40. The lowest BCUT2D eigenvalue weighted by atomic mass is 10.1. The van der Waals surface area contributed by atoms with Gasteiger partial charge in [-0.25, -0.2) is 9.78 Å². The highest BCUT2D eigenvalue weighted by atomic mass is 16.3. The molecule has 0 aliphatic carbocycles. The van der Waals surface area contributed by atoms with E-state index in [0.717, 1.165) is 22.4 Å². The molecule has 5 nitrogen and oxygen atoms in total. The van der Waals surface area contributed by atoms with Gasteiger partial charge in [-0.15, -0.1) is 0 Å². The molecule has 0 bridgehead atoms. The maximum absolute atomic E-state index is 11.0. The molecule has 0 aliphatic rings. The third-order valence-electron chi connectivity index (χ3n) is 2.40. The summed E-state index contributed by atoms with van der Waals surface area (Å²) in [6, 6.07) is 5.60. The first-order valence-corrected chi connectivity index (χ1v) is 4.87. The fraction of sp³-hybridized carbons (Fsp3) is 0.0909. The van der Waals surface area contributed by atoms with E-state index in [2.05, 4.69) is 15.0 Å². The van der Waals surface area contributed by atoms with Crippen molar-refractivity contribution in [2.24, 2.45) is 0 Å². The van der Waals surface area contributed by atoms with Gasteiger partial charge in [-0.3, -0.25) is 0 Å². The van der Waals surface area contributed by atoms with Crippen molar-refractivity contribution < 1.29 is 4.42 Å². The molecule has 16 heavy (non-hydrogen) atoms. The molecule has 0 amide bonds. The standard InChI is InChI=1S/C11H9N3O2/c1-6-13-8-4-7(2-3-10(8)16-6)9-5-12-11(15)14-9/h2-5H,1H3,(H2,12,14,15). The molecule has 0 saturated carbocycles. The summed E-state index contributed by atoms with van der Waals surface area (Å²) in [7, 11) is 0. The Hall–Kier alpha value is -2.30. The maximum atomic E-state index is 11.0. The number of hydrogen-bond acceptors (Lipinski definition) is 3. The smallest absolute Gasteiger partial charge is 0.323 e. The number of rotatable bonds is 1. The molecule has 0 saturated heterocycles. The van der Waals surface area contributed by atoms with Crippen molar-refractivity contribution in [3.05, 3.63) is 40.8 Å². The number of aryl methyl sites for hydroxylation is 1. The van der Waals surface area contributed by atoms with Gasteiger partial charge in [0.1, 0.15) is 5.52 Å². The van der Waals surface area contributed by atoms with E-state index in [1.807, 2.05) is 18.2 Å². The fourth-order valence-electron chi connectivity index (χ4n) is 1.70. The number of nitrogens with one attached hydrogen (secondary N) is 2. The van der Waals surface area contributed by atoms with E-state index >= 15 is 0 Å². The second-order valence-corrected chi connectivity index (χ2v) is 3.57. The molecule has 0 spiro atoms. The van der Waals surface area contributed by atoms with Gasteiger partial charge in [-0.1, -0.05) is 0 Å². The lowest BCUT2D eigenvalue weighted by Crippen LogP contribution is -1.99. The first kappa shape index (κ1) is 8.96. The minimum atomic E-state index is -0.216. The van der Waals surface area contributed by atoms with Crippen LogP contribution in [-0.4, -0.2) is 15.0 Å². The molecule has 2 aromatic heterocycles. The largest absolute Gasteiger partial charge is 0.441 e. The number of benzene rings is 1. The fourth-order valence-corrected chi connectivity index (χ4v) is 1.70. The van der Waals surface area contributed by atoms with Crippen molar-refractivity contribution in [2.75, 3.05) is 0 Å². The van der Waals surface area contributed by atoms with Crippen LogP contribution in [-0.2, 0) is 0 Å². The SMILES string of the molecule is Cc1nc2cc(-c3c[nH]c(=O)[nH]3)ccc2o1. The quantitative estimate of drug-likeness (QED) is 0.650. The monoisotopic (exact) mass is 215 g/mol. The maximum Gasteiger partial charge on any atom is 0.323 e. The number of oxazole rings is 1. The molecule has 0 atom stereocenters. The van der Waals surface area contributed by atoms with Crippen LogP contribution in [0.2, 0.25) is 0 Å². The summed E-state index contributed by atoms with van der Waals surface area (Å²) in [4.78, 5) is 20.5. The average molecular weight is 215 g/mol. The third kappa shape index (κ3) is 1.33. The molecular weight excluding hydrogens is 206 g/mol. The zero-order valence-corrected chi connectivity index (χ0v) is 8.57. The number of hydrogen-bond donors (Lipinski definition) is 2. The Morgan fingerprint density at radius 2 is 2.25 bits per heavy atom. The lowest BCUT2D eigenvalue weighted by molar-refractivity contribution is 0.561. The number of nitrogens with zero attached hydrogens (tertiary/aromatic N) is 1. The van der Waals surface area contributed by atoms with Gasteiger partial charge in [0.05, 0.1) is 5.69 Å². The van der Waals surface area contributed by atoms with Crippen LogP contribution in [0, 0.1) is 6.92 Å². The summed E-state index contributed by atoms with van der Waals surface area (Å²) < 4.78 is 5.37. The zero-order valence-electron chi connectivity index (χ0n) is 8.57. The van der Waals surface area contributed by atoms with E-state index in [1.54, 1.807) is 13.1 Å². The van der Waals surface area contributed by atoms with E-state index in [4.69, 9.17) is 4.42 Å². The van der Waals surface area contributed by atoms with Crippen molar-refractivity contribution in [3.8, 4) is 11.3 Å². The van der Waals surface area contributed by atoms with Crippen molar-refractivity contribution in [3.63, 3.8) is 0 Å². The van der Waals surface area contributed by atoms with E-state index in [9.17, 15) is 4.79 Å². The highest BCUT2D eigenvalue weighted by Gasteiger charge is 2.05. The number of aromatic nitrogens is 3. The van der Waals surface area contributed by atoms with Gasteiger partial charge < -0.3 is 14.4 Å². The molecule has 0 unspecified atom stereocenters. The summed E-state index contributed by atoms with van der Waals surface area (Å²) in [5.41, 5.74) is 2.97. The second kappa shape index (κ2) is 3.10. The van der Waals surface area contributed by atoms with Crippen LogP contribution in [0.4, 0.5) is 0 Å². The molecular formula is C11H9N3O2. The minimum Gasteiger partial charge on any atom is -0.441 e. The van der Waals surface area contributed by atoms with Gasteiger partial charge in [0.2, 0.25) is 0 Å². The summed E-state index contributed by atoms with van der Waals surface area (Å²) in [6.45, 7) is 1.80. The number of imidazole rings is 1. The van der Waals surface area contributed by atoms with Crippen LogP contribution in [0.5, 0.6) is 0 Å². The summed E-state index contributed by atoms with van der Waals surface area (Å²) in [6.07, 6.45) is 1.64. The van der Waals surface area contributed by atoms with E-state index < -0.39 is 0 Å². The molecule has 3 rings (SSSR count). The first-order chi connectivity index (χ1) is 7.72. The van der Waals surface area contributed by atoms with Crippen molar-refractivity contribution in [1.29, 1.82) is 0 Å². The minimum absolute atomic E-state index is 0.216. The van der Waals surface area contributed by atoms with Gasteiger partial charge in [0.15, 0.2) is 11.5 Å². The van der Waals surface area contributed by atoms with Crippen LogP contribution in [0.3, 0.4) is 0 Å². The van der Waals surface area contributed by atoms with Crippen LogP contribution < -0.4 is 5.69 Å². The molecule has 0 aliphatic heterocycles. The average Bonchev–Trinajstić information content (AvgIpc) is 2.81. The predicted molar refractivity (Wildman–Crippen MR) is 59.2 cm³/mol. The zero-order chi connectivity index (χ0) is 11.1. The van der Waals surface area contributed by atoms with E-state index in [1.165, 1.54) is 0 Å².